The number of nitrogens with zero attached hydrogens (tertiary/aromatic N) is 1. The van der Waals surface area contributed by atoms with Gasteiger partial charge in [-0.2, -0.15) is 13.2 Å². The first kappa shape index (κ1) is 27.9. The summed E-state index contributed by atoms with van der Waals surface area (Å²) in [4.78, 5) is 27.3. The molecule has 1 saturated carbocycles. The number of hydrogen-bond acceptors (Lipinski definition) is 3. The van der Waals surface area contributed by atoms with Crippen LogP contribution in [0.5, 0.6) is 0 Å². The Hall–Kier alpha value is -3.16. The Morgan fingerprint density at radius 1 is 0.947 bits per heavy atom. The third-order valence-electron chi connectivity index (χ3n) is 7.57. The number of rotatable bonds is 7. The summed E-state index contributed by atoms with van der Waals surface area (Å²) in [5.74, 6) is -0.675. The monoisotopic (exact) mass is 542 g/mol. The molecular formula is C30H30ClF3N2O2. The molecule has 8 heteroatoms. The van der Waals surface area contributed by atoms with Gasteiger partial charge in [-0.05, 0) is 68.8 Å². The van der Waals surface area contributed by atoms with Crippen molar-refractivity contribution in [3.8, 4) is 11.1 Å². The van der Waals surface area contributed by atoms with E-state index in [4.69, 9.17) is 11.6 Å². The van der Waals surface area contributed by atoms with Gasteiger partial charge in [0.05, 0.1) is 22.2 Å². The van der Waals surface area contributed by atoms with Gasteiger partial charge in [0.25, 0.3) is 5.91 Å². The van der Waals surface area contributed by atoms with Gasteiger partial charge in [0.2, 0.25) is 0 Å². The number of carbonyl (C=O) groups is 2. The summed E-state index contributed by atoms with van der Waals surface area (Å²) in [7, 11) is 3.92. The molecule has 1 aliphatic rings. The van der Waals surface area contributed by atoms with Gasteiger partial charge in [-0.25, -0.2) is 0 Å². The van der Waals surface area contributed by atoms with Crippen LogP contribution in [-0.4, -0.2) is 36.2 Å². The largest absolute Gasteiger partial charge is 0.417 e. The van der Waals surface area contributed by atoms with Gasteiger partial charge in [0, 0.05) is 11.1 Å². The molecule has 0 heterocycles. The lowest BCUT2D eigenvalue weighted by Gasteiger charge is -2.44. The highest BCUT2D eigenvalue weighted by Gasteiger charge is 2.45. The maximum atomic E-state index is 13.4. The molecule has 3 aromatic rings. The highest BCUT2D eigenvalue weighted by Crippen LogP contribution is 2.44. The molecule has 1 fully saturated rings. The predicted octanol–water partition coefficient (Wildman–Crippen LogP) is 7.57. The summed E-state index contributed by atoms with van der Waals surface area (Å²) >= 11 is 6.08. The number of nitrogens with one attached hydrogen (secondary N) is 1. The number of carbonyl (C=O) groups excluding carboxylic acids is 2. The molecule has 1 amide bonds. The molecule has 0 radical (unpaired) electrons. The quantitative estimate of drug-likeness (QED) is 0.313. The molecule has 0 saturated heterocycles. The van der Waals surface area contributed by atoms with Crippen LogP contribution < -0.4 is 5.32 Å². The summed E-state index contributed by atoms with van der Waals surface area (Å²) in [6.07, 6.45) is -1.07. The standard InChI is InChI=1S/C30H30ClF3N2O2/c1-19(37)22-8-6-9-23(18-22)20-12-14-21(15-13-20)27(29(36(2)3)16-4-5-17-29)35-28(38)24-10-7-11-25(26(24)31)30(32,33)34/h6-15,18,27H,4-5,16-17H2,1-3H3,(H,35,38). The Kier molecular flexibility index (Phi) is 8.00. The minimum atomic E-state index is -4.67. The zero-order valence-corrected chi connectivity index (χ0v) is 22.3. The second kappa shape index (κ2) is 10.9. The molecule has 0 aromatic heterocycles. The number of alkyl halides is 3. The molecule has 4 rings (SSSR count). The predicted molar refractivity (Wildman–Crippen MR) is 143 cm³/mol. The van der Waals surface area contributed by atoms with Crippen molar-refractivity contribution in [2.24, 2.45) is 0 Å². The molecule has 0 bridgehead atoms. The van der Waals surface area contributed by atoms with E-state index in [2.05, 4.69) is 10.2 Å². The van der Waals surface area contributed by atoms with Gasteiger partial charge in [-0.1, -0.05) is 73.0 Å². The van der Waals surface area contributed by atoms with Crippen molar-refractivity contribution in [1.82, 2.24) is 10.2 Å². The minimum Gasteiger partial charge on any atom is -0.343 e. The zero-order valence-electron chi connectivity index (χ0n) is 21.5. The lowest BCUT2D eigenvalue weighted by Crippen LogP contribution is -2.53. The van der Waals surface area contributed by atoms with E-state index in [9.17, 15) is 22.8 Å². The van der Waals surface area contributed by atoms with Crippen LogP contribution in [0.2, 0.25) is 5.02 Å². The molecule has 38 heavy (non-hydrogen) atoms. The summed E-state index contributed by atoms with van der Waals surface area (Å²) < 4.78 is 40.3. The van der Waals surface area contributed by atoms with Crippen LogP contribution in [0.1, 0.15) is 70.5 Å². The molecule has 1 N–H and O–H groups in total. The van der Waals surface area contributed by atoms with Gasteiger partial charge in [-0.15, -0.1) is 0 Å². The number of hydrogen-bond donors (Lipinski definition) is 1. The maximum Gasteiger partial charge on any atom is 0.417 e. The molecule has 3 aromatic carbocycles. The van der Waals surface area contributed by atoms with Gasteiger partial charge >= 0.3 is 6.18 Å². The van der Waals surface area contributed by atoms with Crippen molar-refractivity contribution in [2.75, 3.05) is 14.1 Å². The fraction of sp³-hybridized carbons (Fsp3) is 0.333. The highest BCUT2D eigenvalue weighted by molar-refractivity contribution is 6.34. The van der Waals surface area contributed by atoms with E-state index < -0.39 is 34.3 Å². The van der Waals surface area contributed by atoms with Crippen molar-refractivity contribution in [3.05, 3.63) is 94.0 Å². The van der Waals surface area contributed by atoms with E-state index in [1.807, 2.05) is 56.6 Å². The Morgan fingerprint density at radius 3 is 2.16 bits per heavy atom. The van der Waals surface area contributed by atoms with Crippen LogP contribution in [0.3, 0.4) is 0 Å². The molecule has 0 spiro atoms. The molecule has 0 aliphatic heterocycles. The number of benzene rings is 3. The van der Waals surface area contributed by atoms with Crippen molar-refractivity contribution >= 4 is 23.3 Å². The number of amides is 1. The minimum absolute atomic E-state index is 0.0198. The number of halogens is 4. The normalized spacial score (nSPS) is 15.9. The van der Waals surface area contributed by atoms with Gasteiger partial charge < -0.3 is 10.2 Å². The molecule has 200 valence electrons. The van der Waals surface area contributed by atoms with Crippen LogP contribution in [0.4, 0.5) is 13.2 Å². The molecule has 1 aliphatic carbocycles. The first-order valence-corrected chi connectivity index (χ1v) is 12.9. The smallest absolute Gasteiger partial charge is 0.343 e. The lowest BCUT2D eigenvalue weighted by atomic mass is 9.81. The van der Waals surface area contributed by atoms with Crippen molar-refractivity contribution in [3.63, 3.8) is 0 Å². The molecule has 1 atom stereocenters. The molecular weight excluding hydrogens is 513 g/mol. The van der Waals surface area contributed by atoms with Crippen LogP contribution in [0, 0.1) is 0 Å². The van der Waals surface area contributed by atoms with Crippen molar-refractivity contribution < 1.29 is 22.8 Å². The van der Waals surface area contributed by atoms with Crippen LogP contribution in [0.15, 0.2) is 66.7 Å². The molecule has 4 nitrogen and oxygen atoms in total. The Labute approximate surface area is 225 Å². The Balaban J connectivity index is 1.72. The fourth-order valence-electron chi connectivity index (χ4n) is 5.43. The first-order valence-electron chi connectivity index (χ1n) is 12.5. The van der Waals surface area contributed by atoms with Crippen LogP contribution >= 0.6 is 11.6 Å². The van der Waals surface area contributed by atoms with E-state index in [-0.39, 0.29) is 11.3 Å². The Bertz CT molecular complexity index is 1330. The van der Waals surface area contributed by atoms with Crippen LogP contribution in [-0.2, 0) is 6.18 Å². The van der Waals surface area contributed by atoms with Gasteiger partial charge in [0.1, 0.15) is 0 Å². The van der Waals surface area contributed by atoms with Crippen molar-refractivity contribution in [1.29, 1.82) is 0 Å². The zero-order chi connectivity index (χ0) is 27.7. The third-order valence-corrected chi connectivity index (χ3v) is 7.98. The lowest BCUT2D eigenvalue weighted by molar-refractivity contribution is -0.137. The third kappa shape index (κ3) is 5.49. The second-order valence-electron chi connectivity index (χ2n) is 10.0. The van der Waals surface area contributed by atoms with Crippen LogP contribution in [0.25, 0.3) is 11.1 Å². The maximum absolute atomic E-state index is 13.4. The fourth-order valence-corrected chi connectivity index (χ4v) is 5.75. The SMILES string of the molecule is CC(=O)c1cccc(-c2ccc(C(NC(=O)c3cccc(C(F)(F)F)c3Cl)C3(N(C)C)CCCC3)cc2)c1. The Morgan fingerprint density at radius 2 is 1.58 bits per heavy atom. The number of Topliss-reactive ketones (excluding diaryl/α,β-unsaturated/α-hetero) is 1. The molecule has 1 unspecified atom stereocenters. The van der Waals surface area contributed by atoms with Crippen molar-refractivity contribution in [2.45, 2.75) is 50.4 Å². The van der Waals surface area contributed by atoms with E-state index >= 15 is 0 Å². The topological polar surface area (TPSA) is 49.4 Å². The number of likely N-dealkylation sites (N-methyl/N-ethyl adjacent to an activating group) is 1. The number of ketones is 1. The average Bonchev–Trinajstić information content (AvgIpc) is 3.38. The summed E-state index contributed by atoms with van der Waals surface area (Å²) in [6, 6.07) is 18.0. The summed E-state index contributed by atoms with van der Waals surface area (Å²) in [5.41, 5.74) is 1.59. The van der Waals surface area contributed by atoms with Gasteiger partial charge in [0.15, 0.2) is 5.78 Å². The summed E-state index contributed by atoms with van der Waals surface area (Å²) in [5, 5.41) is 2.43. The first-order chi connectivity index (χ1) is 17.9. The second-order valence-corrected chi connectivity index (χ2v) is 10.4. The van der Waals surface area contributed by atoms with E-state index in [0.29, 0.717) is 5.56 Å². The van der Waals surface area contributed by atoms with E-state index in [1.54, 1.807) is 6.07 Å². The van der Waals surface area contributed by atoms with E-state index in [0.717, 1.165) is 48.4 Å². The summed E-state index contributed by atoms with van der Waals surface area (Å²) in [6.45, 7) is 1.52. The average molecular weight is 543 g/mol. The van der Waals surface area contributed by atoms with Gasteiger partial charge in [-0.3, -0.25) is 9.59 Å². The highest BCUT2D eigenvalue weighted by atomic mass is 35.5. The van der Waals surface area contributed by atoms with E-state index in [1.165, 1.54) is 19.1 Å².